The Morgan fingerprint density at radius 2 is 2.08 bits per heavy atom. The Labute approximate surface area is 139 Å². The van der Waals surface area contributed by atoms with E-state index in [-0.39, 0.29) is 24.2 Å². The highest BCUT2D eigenvalue weighted by Gasteiger charge is 2.38. The van der Waals surface area contributed by atoms with Gasteiger partial charge >= 0.3 is 0 Å². The van der Waals surface area contributed by atoms with Crippen LogP contribution in [0.25, 0.3) is 5.78 Å². The molecule has 24 heavy (non-hydrogen) atoms. The highest BCUT2D eigenvalue weighted by atomic mass is 16.2. The van der Waals surface area contributed by atoms with Crippen LogP contribution in [0.15, 0.2) is 12.3 Å². The molecule has 1 N–H and O–H groups in total. The van der Waals surface area contributed by atoms with Crippen LogP contribution in [0.3, 0.4) is 0 Å². The number of carbonyl (C=O) groups excluding carboxylic acids is 2. The first-order chi connectivity index (χ1) is 11.6. The van der Waals surface area contributed by atoms with Gasteiger partial charge in [0.15, 0.2) is 0 Å². The summed E-state index contributed by atoms with van der Waals surface area (Å²) in [6.45, 7) is 2.37. The minimum Gasteiger partial charge on any atom is -0.339 e. The van der Waals surface area contributed by atoms with Crippen molar-refractivity contribution in [2.45, 2.75) is 45.1 Å². The van der Waals surface area contributed by atoms with Crippen molar-refractivity contribution in [1.29, 1.82) is 0 Å². The molecule has 2 fully saturated rings. The van der Waals surface area contributed by atoms with E-state index < -0.39 is 0 Å². The molecule has 1 aliphatic carbocycles. The molecule has 1 aliphatic heterocycles. The standard InChI is InChI=1S/C16H20N6O2/c1-10-6-7-21-15(17-10)19-20-16(21)18-14(24)11-8-13(23)22(9-11)12-4-2-3-5-12/h6-7,11-12H,2-5,8-9H2,1H3,(H,18,20,24). The molecule has 4 rings (SSSR count). The third-order valence-electron chi connectivity index (χ3n) is 4.95. The number of hydrogen-bond donors (Lipinski definition) is 1. The van der Waals surface area contributed by atoms with Crippen molar-refractivity contribution >= 4 is 23.5 Å². The zero-order valence-electron chi connectivity index (χ0n) is 13.6. The number of rotatable bonds is 3. The number of amides is 2. The van der Waals surface area contributed by atoms with Gasteiger partial charge in [0.1, 0.15) is 0 Å². The van der Waals surface area contributed by atoms with Gasteiger partial charge in [0, 0.05) is 30.9 Å². The SMILES string of the molecule is Cc1ccn2c(NC(=O)C3CC(=O)N(C4CCCC4)C3)nnc2n1. The van der Waals surface area contributed by atoms with Gasteiger partial charge in [0.25, 0.3) is 5.78 Å². The molecule has 1 atom stereocenters. The molecule has 0 spiro atoms. The van der Waals surface area contributed by atoms with E-state index in [0.29, 0.717) is 24.3 Å². The lowest BCUT2D eigenvalue weighted by Crippen LogP contribution is -2.35. The number of nitrogens with zero attached hydrogens (tertiary/aromatic N) is 5. The summed E-state index contributed by atoms with van der Waals surface area (Å²) in [6, 6.07) is 2.14. The minimum atomic E-state index is -0.330. The van der Waals surface area contributed by atoms with E-state index in [4.69, 9.17) is 0 Å². The number of carbonyl (C=O) groups is 2. The lowest BCUT2D eigenvalue weighted by Gasteiger charge is -2.23. The number of fused-ring (bicyclic) bond motifs is 1. The summed E-state index contributed by atoms with van der Waals surface area (Å²) in [7, 11) is 0. The van der Waals surface area contributed by atoms with Gasteiger partial charge in [-0.15, -0.1) is 10.2 Å². The Morgan fingerprint density at radius 3 is 2.88 bits per heavy atom. The molecular weight excluding hydrogens is 308 g/mol. The third-order valence-corrected chi connectivity index (χ3v) is 4.95. The first-order valence-electron chi connectivity index (χ1n) is 8.40. The zero-order valence-corrected chi connectivity index (χ0v) is 13.6. The largest absolute Gasteiger partial charge is 0.339 e. The lowest BCUT2D eigenvalue weighted by atomic mass is 10.1. The van der Waals surface area contributed by atoms with Crippen molar-refractivity contribution in [1.82, 2.24) is 24.5 Å². The van der Waals surface area contributed by atoms with Gasteiger partial charge in [-0.05, 0) is 25.8 Å². The van der Waals surface area contributed by atoms with Crippen LogP contribution in [0.2, 0.25) is 0 Å². The second-order valence-electron chi connectivity index (χ2n) is 6.64. The summed E-state index contributed by atoms with van der Waals surface area (Å²) in [5.41, 5.74) is 0.835. The van der Waals surface area contributed by atoms with Crippen LogP contribution in [-0.4, -0.2) is 48.9 Å². The summed E-state index contributed by atoms with van der Waals surface area (Å²) < 4.78 is 1.64. The summed E-state index contributed by atoms with van der Waals surface area (Å²) in [6.07, 6.45) is 6.50. The van der Waals surface area contributed by atoms with Crippen LogP contribution in [0.1, 0.15) is 37.8 Å². The molecule has 2 aromatic heterocycles. The van der Waals surface area contributed by atoms with Crippen molar-refractivity contribution in [2.24, 2.45) is 5.92 Å². The van der Waals surface area contributed by atoms with Gasteiger partial charge in [0.05, 0.1) is 5.92 Å². The summed E-state index contributed by atoms with van der Waals surface area (Å²) in [5.74, 6) is 0.364. The van der Waals surface area contributed by atoms with Crippen molar-refractivity contribution in [2.75, 3.05) is 11.9 Å². The quantitative estimate of drug-likeness (QED) is 0.913. The average molecular weight is 328 g/mol. The summed E-state index contributed by atoms with van der Waals surface area (Å²) >= 11 is 0. The molecular formula is C16H20N6O2. The number of nitrogens with one attached hydrogen (secondary N) is 1. The van der Waals surface area contributed by atoms with Gasteiger partial charge < -0.3 is 4.90 Å². The van der Waals surface area contributed by atoms with Gasteiger partial charge in [-0.3, -0.25) is 19.3 Å². The fourth-order valence-corrected chi connectivity index (χ4v) is 3.65. The topological polar surface area (TPSA) is 92.5 Å². The Balaban J connectivity index is 1.47. The highest BCUT2D eigenvalue weighted by Crippen LogP contribution is 2.29. The molecule has 2 aliphatic rings. The van der Waals surface area contributed by atoms with Crippen molar-refractivity contribution in [3.05, 3.63) is 18.0 Å². The third kappa shape index (κ3) is 2.61. The van der Waals surface area contributed by atoms with Crippen molar-refractivity contribution in [3.63, 3.8) is 0 Å². The van der Waals surface area contributed by atoms with Crippen molar-refractivity contribution in [3.8, 4) is 0 Å². The predicted octanol–water partition coefficient (Wildman–Crippen LogP) is 1.16. The Hall–Kier alpha value is -2.51. The average Bonchev–Trinajstić information content (AvgIpc) is 3.27. The molecule has 1 saturated carbocycles. The monoisotopic (exact) mass is 328 g/mol. The Bertz CT molecular complexity index is 795. The van der Waals surface area contributed by atoms with E-state index in [1.807, 2.05) is 17.9 Å². The Kier molecular flexibility index (Phi) is 3.66. The maximum absolute atomic E-state index is 12.5. The normalized spacial score (nSPS) is 21.8. The number of aromatic nitrogens is 4. The summed E-state index contributed by atoms with van der Waals surface area (Å²) in [4.78, 5) is 30.9. The molecule has 3 heterocycles. The lowest BCUT2D eigenvalue weighted by molar-refractivity contribution is -0.129. The van der Waals surface area contributed by atoms with Gasteiger partial charge in [0.2, 0.25) is 17.8 Å². The second kappa shape index (κ2) is 5.85. The Morgan fingerprint density at radius 1 is 1.29 bits per heavy atom. The van der Waals surface area contributed by atoms with Crippen LogP contribution >= 0.6 is 0 Å². The molecule has 8 heteroatoms. The van der Waals surface area contributed by atoms with E-state index in [1.54, 1.807) is 10.6 Å². The van der Waals surface area contributed by atoms with Crippen LogP contribution in [0.5, 0.6) is 0 Å². The highest BCUT2D eigenvalue weighted by molar-refractivity contribution is 5.96. The maximum Gasteiger partial charge on any atom is 0.256 e. The molecule has 2 amide bonds. The molecule has 0 bridgehead atoms. The fourth-order valence-electron chi connectivity index (χ4n) is 3.65. The van der Waals surface area contributed by atoms with Crippen molar-refractivity contribution < 1.29 is 9.59 Å². The van der Waals surface area contributed by atoms with E-state index in [1.165, 1.54) is 12.8 Å². The molecule has 2 aromatic rings. The van der Waals surface area contributed by atoms with E-state index in [0.717, 1.165) is 18.5 Å². The van der Waals surface area contributed by atoms with E-state index in [9.17, 15) is 9.59 Å². The molecule has 1 unspecified atom stereocenters. The predicted molar refractivity (Wildman–Crippen MR) is 86.2 cm³/mol. The number of anilines is 1. The second-order valence-corrected chi connectivity index (χ2v) is 6.64. The van der Waals surface area contributed by atoms with Gasteiger partial charge in [-0.2, -0.15) is 0 Å². The zero-order chi connectivity index (χ0) is 16.7. The fraction of sp³-hybridized carbons (Fsp3) is 0.562. The van der Waals surface area contributed by atoms with Gasteiger partial charge in [-0.25, -0.2) is 4.98 Å². The van der Waals surface area contributed by atoms with Crippen LogP contribution < -0.4 is 5.32 Å². The number of hydrogen-bond acceptors (Lipinski definition) is 5. The van der Waals surface area contributed by atoms with E-state index in [2.05, 4.69) is 20.5 Å². The molecule has 126 valence electrons. The molecule has 8 nitrogen and oxygen atoms in total. The van der Waals surface area contributed by atoms with E-state index >= 15 is 0 Å². The first kappa shape index (κ1) is 15.0. The maximum atomic E-state index is 12.5. The van der Waals surface area contributed by atoms with Crippen LogP contribution in [-0.2, 0) is 9.59 Å². The molecule has 0 aromatic carbocycles. The smallest absolute Gasteiger partial charge is 0.256 e. The minimum absolute atomic E-state index is 0.0884. The first-order valence-corrected chi connectivity index (χ1v) is 8.40. The van der Waals surface area contributed by atoms with Crippen LogP contribution in [0.4, 0.5) is 5.95 Å². The van der Waals surface area contributed by atoms with Gasteiger partial charge in [-0.1, -0.05) is 12.8 Å². The molecule has 0 radical (unpaired) electrons. The summed E-state index contributed by atoms with van der Waals surface area (Å²) in [5, 5.41) is 10.7. The molecule has 1 saturated heterocycles. The number of likely N-dealkylation sites (tertiary alicyclic amines) is 1. The number of aryl methyl sites for hydroxylation is 1. The van der Waals surface area contributed by atoms with Crippen LogP contribution in [0, 0.1) is 12.8 Å².